The third kappa shape index (κ3) is 4.56. The number of rotatable bonds is 6. The number of carbonyl (C=O) groups excluding carboxylic acids is 2. The van der Waals surface area contributed by atoms with E-state index in [0.29, 0.717) is 17.7 Å². The predicted octanol–water partition coefficient (Wildman–Crippen LogP) is 2.03. The molecule has 3 N–H and O–H groups in total. The van der Waals surface area contributed by atoms with Gasteiger partial charge in [-0.2, -0.15) is 5.10 Å². The quantitative estimate of drug-likeness (QED) is 0.604. The fraction of sp³-hybridized carbons (Fsp3) is 0.158. The van der Waals surface area contributed by atoms with Crippen LogP contribution in [0.1, 0.15) is 33.6 Å². The van der Waals surface area contributed by atoms with Gasteiger partial charge in [-0.15, -0.1) is 0 Å². The Kier molecular flexibility index (Phi) is 5.73. The van der Waals surface area contributed by atoms with E-state index in [4.69, 9.17) is 0 Å². The second-order valence-corrected chi connectivity index (χ2v) is 6.00. The number of aryl methyl sites for hydroxylation is 1. The Morgan fingerprint density at radius 3 is 2.54 bits per heavy atom. The summed E-state index contributed by atoms with van der Waals surface area (Å²) < 4.78 is 26.6. The Bertz CT molecular complexity index is 991. The summed E-state index contributed by atoms with van der Waals surface area (Å²) in [4.78, 5) is 28.6. The van der Waals surface area contributed by atoms with Crippen LogP contribution >= 0.6 is 0 Å². The number of hydrogen-bond donors (Lipinski definition) is 3. The van der Waals surface area contributed by atoms with E-state index in [9.17, 15) is 18.4 Å². The molecule has 3 aromatic rings. The van der Waals surface area contributed by atoms with Gasteiger partial charge in [-0.05, 0) is 24.6 Å². The monoisotopic (exact) mass is 385 g/mol. The maximum Gasteiger partial charge on any atom is 0.254 e. The zero-order valence-electron chi connectivity index (χ0n) is 14.9. The van der Waals surface area contributed by atoms with Crippen LogP contribution in [-0.2, 0) is 4.79 Å². The molecule has 1 aromatic heterocycles. The highest BCUT2D eigenvalue weighted by Gasteiger charge is 2.21. The molecular weight excluding hydrogens is 368 g/mol. The van der Waals surface area contributed by atoms with Gasteiger partial charge in [0.1, 0.15) is 23.5 Å². The number of H-pyrrole nitrogens is 1. The molecular formula is C19H17F2N5O2. The van der Waals surface area contributed by atoms with Gasteiger partial charge in [0.25, 0.3) is 5.91 Å². The summed E-state index contributed by atoms with van der Waals surface area (Å²) in [5.74, 6) is -2.18. The van der Waals surface area contributed by atoms with Gasteiger partial charge in [0.15, 0.2) is 5.82 Å². The summed E-state index contributed by atoms with van der Waals surface area (Å²) >= 11 is 0. The SMILES string of the molecule is Cc1nc(C(NC(=O)CNC(=O)c2ccc(F)cc2F)c2ccccc2)n[nH]1. The summed E-state index contributed by atoms with van der Waals surface area (Å²) in [6.45, 7) is 1.33. The van der Waals surface area contributed by atoms with Crippen molar-refractivity contribution in [1.82, 2.24) is 25.8 Å². The Hall–Kier alpha value is -3.62. The first kappa shape index (κ1) is 19.2. The van der Waals surface area contributed by atoms with Crippen LogP contribution in [0.5, 0.6) is 0 Å². The first-order valence-electron chi connectivity index (χ1n) is 8.40. The Morgan fingerprint density at radius 2 is 1.89 bits per heavy atom. The van der Waals surface area contributed by atoms with Crippen molar-refractivity contribution in [3.05, 3.63) is 82.9 Å². The molecule has 2 aromatic carbocycles. The van der Waals surface area contributed by atoms with E-state index in [-0.39, 0.29) is 5.56 Å². The van der Waals surface area contributed by atoms with Gasteiger partial charge < -0.3 is 10.6 Å². The largest absolute Gasteiger partial charge is 0.343 e. The molecule has 2 amide bonds. The number of hydrogen-bond acceptors (Lipinski definition) is 4. The molecule has 0 radical (unpaired) electrons. The lowest BCUT2D eigenvalue weighted by atomic mass is 10.1. The molecule has 0 bridgehead atoms. The van der Waals surface area contributed by atoms with Gasteiger partial charge in [0, 0.05) is 6.07 Å². The topological polar surface area (TPSA) is 99.8 Å². The normalized spacial score (nSPS) is 11.7. The summed E-state index contributed by atoms with van der Waals surface area (Å²) in [7, 11) is 0. The molecule has 0 aliphatic rings. The fourth-order valence-electron chi connectivity index (χ4n) is 2.57. The number of halogens is 2. The molecule has 1 unspecified atom stereocenters. The Labute approximate surface area is 159 Å². The van der Waals surface area contributed by atoms with E-state index in [1.54, 1.807) is 6.92 Å². The predicted molar refractivity (Wildman–Crippen MR) is 96.2 cm³/mol. The third-order valence-electron chi connectivity index (χ3n) is 3.90. The highest BCUT2D eigenvalue weighted by Crippen LogP contribution is 2.18. The molecule has 9 heteroatoms. The lowest BCUT2D eigenvalue weighted by Crippen LogP contribution is -2.39. The van der Waals surface area contributed by atoms with Gasteiger partial charge in [0.05, 0.1) is 12.1 Å². The first-order valence-corrected chi connectivity index (χ1v) is 8.40. The van der Waals surface area contributed by atoms with Crippen LogP contribution in [0, 0.1) is 18.6 Å². The van der Waals surface area contributed by atoms with Crippen LogP contribution in [-0.4, -0.2) is 33.5 Å². The number of nitrogens with zero attached hydrogens (tertiary/aromatic N) is 2. The van der Waals surface area contributed by atoms with Crippen LogP contribution in [0.15, 0.2) is 48.5 Å². The molecule has 0 spiro atoms. The molecule has 3 rings (SSSR count). The van der Waals surface area contributed by atoms with Gasteiger partial charge in [-0.25, -0.2) is 13.8 Å². The minimum atomic E-state index is -1.00. The van der Waals surface area contributed by atoms with Gasteiger partial charge >= 0.3 is 0 Å². The van der Waals surface area contributed by atoms with Crippen molar-refractivity contribution in [3.8, 4) is 0 Å². The molecule has 7 nitrogen and oxygen atoms in total. The molecule has 1 heterocycles. The summed E-state index contributed by atoms with van der Waals surface area (Å²) in [5, 5.41) is 11.9. The molecule has 0 aliphatic carbocycles. The number of aromatic amines is 1. The molecule has 1 atom stereocenters. The van der Waals surface area contributed by atoms with Crippen LogP contribution in [0.3, 0.4) is 0 Å². The minimum Gasteiger partial charge on any atom is -0.343 e. The number of aromatic nitrogens is 3. The summed E-state index contributed by atoms with van der Waals surface area (Å²) in [5.41, 5.74) is 0.407. The number of carbonyl (C=O) groups is 2. The zero-order chi connectivity index (χ0) is 20.1. The first-order chi connectivity index (χ1) is 13.4. The molecule has 0 saturated carbocycles. The maximum atomic E-state index is 13.7. The molecule has 0 aliphatic heterocycles. The van der Waals surface area contributed by atoms with Gasteiger partial charge in [0.2, 0.25) is 5.91 Å². The van der Waals surface area contributed by atoms with E-state index in [2.05, 4.69) is 25.8 Å². The van der Waals surface area contributed by atoms with E-state index in [0.717, 1.165) is 17.7 Å². The Balaban J connectivity index is 1.68. The molecule has 0 saturated heterocycles. The van der Waals surface area contributed by atoms with E-state index < -0.39 is 36.0 Å². The van der Waals surface area contributed by atoms with Crippen molar-refractivity contribution in [1.29, 1.82) is 0 Å². The second kappa shape index (κ2) is 8.38. The fourth-order valence-corrected chi connectivity index (χ4v) is 2.57. The molecule has 28 heavy (non-hydrogen) atoms. The van der Waals surface area contributed by atoms with E-state index >= 15 is 0 Å². The smallest absolute Gasteiger partial charge is 0.254 e. The average Bonchev–Trinajstić information content (AvgIpc) is 3.11. The van der Waals surface area contributed by atoms with E-state index in [1.165, 1.54) is 0 Å². The lowest BCUT2D eigenvalue weighted by Gasteiger charge is -2.16. The van der Waals surface area contributed by atoms with Crippen molar-refractivity contribution >= 4 is 11.8 Å². The van der Waals surface area contributed by atoms with Crippen molar-refractivity contribution in [2.24, 2.45) is 0 Å². The molecule has 144 valence electrons. The average molecular weight is 385 g/mol. The standard InChI is InChI=1S/C19H17F2N5O2/c1-11-23-18(26-25-11)17(12-5-3-2-4-6-12)24-16(27)10-22-19(28)14-8-7-13(20)9-15(14)21/h2-9,17H,10H2,1H3,(H,22,28)(H,24,27)(H,23,25,26). The van der Waals surface area contributed by atoms with Crippen molar-refractivity contribution in [3.63, 3.8) is 0 Å². The number of nitrogens with one attached hydrogen (secondary N) is 3. The maximum absolute atomic E-state index is 13.7. The van der Waals surface area contributed by atoms with Crippen molar-refractivity contribution < 1.29 is 18.4 Å². The summed E-state index contributed by atoms with van der Waals surface area (Å²) in [6, 6.07) is 11.0. The minimum absolute atomic E-state index is 0.349. The zero-order valence-corrected chi connectivity index (χ0v) is 14.9. The molecule has 0 fully saturated rings. The third-order valence-corrected chi connectivity index (χ3v) is 3.90. The van der Waals surface area contributed by atoms with Crippen LogP contribution in [0.2, 0.25) is 0 Å². The van der Waals surface area contributed by atoms with E-state index in [1.807, 2.05) is 30.3 Å². The van der Waals surface area contributed by atoms with Gasteiger partial charge in [-0.1, -0.05) is 30.3 Å². The van der Waals surface area contributed by atoms with Crippen LogP contribution in [0.25, 0.3) is 0 Å². The number of amides is 2. The second-order valence-electron chi connectivity index (χ2n) is 6.00. The van der Waals surface area contributed by atoms with Crippen LogP contribution in [0.4, 0.5) is 8.78 Å². The number of benzene rings is 2. The summed E-state index contributed by atoms with van der Waals surface area (Å²) in [6.07, 6.45) is 0. The highest BCUT2D eigenvalue weighted by atomic mass is 19.1. The Morgan fingerprint density at radius 1 is 1.14 bits per heavy atom. The highest BCUT2D eigenvalue weighted by molar-refractivity contribution is 5.96. The van der Waals surface area contributed by atoms with Crippen molar-refractivity contribution in [2.75, 3.05) is 6.54 Å². The van der Waals surface area contributed by atoms with Gasteiger partial charge in [-0.3, -0.25) is 14.7 Å². The van der Waals surface area contributed by atoms with Crippen molar-refractivity contribution in [2.45, 2.75) is 13.0 Å². The van der Waals surface area contributed by atoms with Crippen LogP contribution < -0.4 is 10.6 Å². The lowest BCUT2D eigenvalue weighted by molar-refractivity contribution is -0.120.